The minimum atomic E-state index is 0.122. The lowest BCUT2D eigenvalue weighted by Gasteiger charge is -2.10. The summed E-state index contributed by atoms with van der Waals surface area (Å²) < 4.78 is 10.8. The number of anilines is 1. The minimum absolute atomic E-state index is 0.122. The molecule has 3 N–H and O–H groups in total. The molecule has 2 rings (SSSR count). The lowest BCUT2D eigenvalue weighted by molar-refractivity contribution is 0.213. The highest BCUT2D eigenvalue weighted by atomic mass is 16.5. The Bertz CT molecular complexity index is 466. The van der Waals surface area contributed by atoms with E-state index in [-0.39, 0.29) is 5.75 Å². The van der Waals surface area contributed by atoms with Gasteiger partial charge in [-0.3, -0.25) is 0 Å². The Morgan fingerprint density at radius 2 is 1.39 bits per heavy atom. The molecule has 0 atom stereocenters. The van der Waals surface area contributed by atoms with Gasteiger partial charge in [-0.25, -0.2) is 0 Å². The SMILES string of the molecule is Nc1ccccc1OCCOc1ccccc1O. The predicted octanol–water partition coefficient (Wildman–Crippen LogP) is 2.43. The third-order valence-electron chi connectivity index (χ3n) is 2.38. The summed E-state index contributed by atoms with van der Waals surface area (Å²) in [6, 6.07) is 14.1. The van der Waals surface area contributed by atoms with Crippen LogP contribution in [0.25, 0.3) is 0 Å². The van der Waals surface area contributed by atoms with E-state index >= 15 is 0 Å². The first kappa shape index (κ1) is 12.1. The molecule has 0 aliphatic carbocycles. The first-order valence-electron chi connectivity index (χ1n) is 5.65. The van der Waals surface area contributed by atoms with Crippen molar-refractivity contribution in [3.8, 4) is 17.2 Å². The van der Waals surface area contributed by atoms with Crippen molar-refractivity contribution in [2.45, 2.75) is 0 Å². The number of benzene rings is 2. The molecular formula is C14H15NO3. The fourth-order valence-corrected chi connectivity index (χ4v) is 1.49. The van der Waals surface area contributed by atoms with Crippen molar-refractivity contribution >= 4 is 5.69 Å². The maximum atomic E-state index is 9.49. The van der Waals surface area contributed by atoms with E-state index in [1.807, 2.05) is 12.1 Å². The van der Waals surface area contributed by atoms with Gasteiger partial charge in [0, 0.05) is 0 Å². The van der Waals surface area contributed by atoms with E-state index in [2.05, 4.69) is 0 Å². The van der Waals surface area contributed by atoms with Crippen LogP contribution in [0.4, 0.5) is 5.69 Å². The van der Waals surface area contributed by atoms with Crippen LogP contribution >= 0.6 is 0 Å². The van der Waals surface area contributed by atoms with Crippen molar-refractivity contribution in [1.82, 2.24) is 0 Å². The predicted molar refractivity (Wildman–Crippen MR) is 70.0 cm³/mol. The van der Waals surface area contributed by atoms with Gasteiger partial charge in [0.25, 0.3) is 0 Å². The van der Waals surface area contributed by atoms with Crippen LogP contribution in [-0.4, -0.2) is 18.3 Å². The molecule has 0 unspecified atom stereocenters. The quantitative estimate of drug-likeness (QED) is 0.627. The third-order valence-corrected chi connectivity index (χ3v) is 2.38. The van der Waals surface area contributed by atoms with E-state index in [1.165, 1.54) is 0 Å². The maximum absolute atomic E-state index is 9.49. The number of hydrogen-bond donors (Lipinski definition) is 2. The molecule has 94 valence electrons. The zero-order valence-electron chi connectivity index (χ0n) is 9.87. The van der Waals surface area contributed by atoms with Gasteiger partial charge >= 0.3 is 0 Å². The Labute approximate surface area is 106 Å². The lowest BCUT2D eigenvalue weighted by atomic mass is 10.3. The first-order valence-corrected chi connectivity index (χ1v) is 5.65. The molecule has 0 saturated heterocycles. The molecular weight excluding hydrogens is 230 g/mol. The van der Waals surface area contributed by atoms with E-state index in [9.17, 15) is 5.11 Å². The molecule has 4 nitrogen and oxygen atoms in total. The maximum Gasteiger partial charge on any atom is 0.161 e. The van der Waals surface area contributed by atoms with Crippen LogP contribution in [0.3, 0.4) is 0 Å². The number of nitrogens with two attached hydrogens (primary N) is 1. The summed E-state index contributed by atoms with van der Waals surface area (Å²) in [5.74, 6) is 1.21. The van der Waals surface area contributed by atoms with Gasteiger partial charge in [-0.1, -0.05) is 24.3 Å². The second kappa shape index (κ2) is 5.82. The molecule has 0 radical (unpaired) electrons. The monoisotopic (exact) mass is 245 g/mol. The van der Waals surface area contributed by atoms with E-state index in [4.69, 9.17) is 15.2 Å². The second-order valence-corrected chi connectivity index (χ2v) is 3.70. The summed E-state index contributed by atoms with van der Waals surface area (Å²) in [5.41, 5.74) is 6.33. The number of para-hydroxylation sites is 4. The van der Waals surface area contributed by atoms with Gasteiger partial charge in [-0.05, 0) is 24.3 Å². The van der Waals surface area contributed by atoms with Gasteiger partial charge in [0.05, 0.1) is 5.69 Å². The van der Waals surface area contributed by atoms with E-state index in [0.717, 1.165) is 0 Å². The summed E-state index contributed by atoms with van der Waals surface area (Å²) in [4.78, 5) is 0. The molecule has 18 heavy (non-hydrogen) atoms. The van der Waals surface area contributed by atoms with Gasteiger partial charge in [-0.2, -0.15) is 0 Å². The van der Waals surface area contributed by atoms with Gasteiger partial charge in [0.2, 0.25) is 0 Å². The van der Waals surface area contributed by atoms with Crippen molar-refractivity contribution in [3.05, 3.63) is 48.5 Å². The van der Waals surface area contributed by atoms with Gasteiger partial charge in [-0.15, -0.1) is 0 Å². The van der Waals surface area contributed by atoms with Crippen LogP contribution in [0, 0.1) is 0 Å². The molecule has 0 saturated carbocycles. The fraction of sp³-hybridized carbons (Fsp3) is 0.143. The molecule has 0 aromatic heterocycles. The smallest absolute Gasteiger partial charge is 0.161 e. The van der Waals surface area contributed by atoms with Gasteiger partial charge in [0.1, 0.15) is 19.0 Å². The van der Waals surface area contributed by atoms with Crippen LogP contribution in [-0.2, 0) is 0 Å². The molecule has 0 bridgehead atoms. The highest BCUT2D eigenvalue weighted by Gasteiger charge is 2.01. The Kier molecular flexibility index (Phi) is 3.91. The van der Waals surface area contributed by atoms with Crippen LogP contribution in [0.2, 0.25) is 0 Å². The number of rotatable bonds is 5. The van der Waals surface area contributed by atoms with Crippen molar-refractivity contribution in [2.75, 3.05) is 18.9 Å². The van der Waals surface area contributed by atoms with E-state index in [0.29, 0.717) is 30.4 Å². The molecule has 0 spiro atoms. The lowest BCUT2D eigenvalue weighted by Crippen LogP contribution is -2.09. The molecule has 0 fully saturated rings. The first-order chi connectivity index (χ1) is 8.77. The van der Waals surface area contributed by atoms with E-state index < -0.39 is 0 Å². The standard InChI is InChI=1S/C14H15NO3/c15-11-5-1-3-7-13(11)17-9-10-18-14-8-4-2-6-12(14)16/h1-8,16H,9-10,15H2. The van der Waals surface area contributed by atoms with Crippen molar-refractivity contribution < 1.29 is 14.6 Å². The summed E-state index contributed by atoms with van der Waals surface area (Å²) in [6.45, 7) is 0.703. The van der Waals surface area contributed by atoms with Gasteiger partial charge in [0.15, 0.2) is 11.5 Å². The normalized spacial score (nSPS) is 10.0. The second-order valence-electron chi connectivity index (χ2n) is 3.70. The number of hydrogen-bond acceptors (Lipinski definition) is 4. The van der Waals surface area contributed by atoms with Crippen molar-refractivity contribution in [1.29, 1.82) is 0 Å². The summed E-state index contributed by atoms with van der Waals surface area (Å²) in [5, 5.41) is 9.49. The Morgan fingerprint density at radius 1 is 0.833 bits per heavy atom. The summed E-state index contributed by atoms with van der Waals surface area (Å²) >= 11 is 0. The summed E-state index contributed by atoms with van der Waals surface area (Å²) in [6.07, 6.45) is 0. The third kappa shape index (κ3) is 3.07. The molecule has 0 aliphatic heterocycles. The molecule has 2 aromatic carbocycles. The molecule has 4 heteroatoms. The molecule has 0 heterocycles. The van der Waals surface area contributed by atoms with Crippen LogP contribution in [0.5, 0.6) is 17.2 Å². The topological polar surface area (TPSA) is 64.7 Å². The van der Waals surface area contributed by atoms with Crippen LogP contribution < -0.4 is 15.2 Å². The molecule has 0 aliphatic rings. The number of aromatic hydroxyl groups is 1. The average molecular weight is 245 g/mol. The van der Waals surface area contributed by atoms with Crippen LogP contribution in [0.1, 0.15) is 0 Å². The number of phenolic OH excluding ortho intramolecular Hbond substituents is 1. The Morgan fingerprint density at radius 3 is 2.06 bits per heavy atom. The van der Waals surface area contributed by atoms with E-state index in [1.54, 1.807) is 36.4 Å². The molecule has 2 aromatic rings. The average Bonchev–Trinajstić information content (AvgIpc) is 2.38. The Balaban J connectivity index is 1.80. The number of nitrogen functional groups attached to an aromatic ring is 1. The minimum Gasteiger partial charge on any atom is -0.504 e. The molecule has 0 amide bonds. The highest BCUT2D eigenvalue weighted by Crippen LogP contribution is 2.24. The van der Waals surface area contributed by atoms with Crippen molar-refractivity contribution in [2.24, 2.45) is 0 Å². The zero-order chi connectivity index (χ0) is 12.8. The Hall–Kier alpha value is -2.36. The van der Waals surface area contributed by atoms with Crippen LogP contribution in [0.15, 0.2) is 48.5 Å². The number of phenols is 1. The highest BCUT2D eigenvalue weighted by molar-refractivity contribution is 5.51. The fourth-order valence-electron chi connectivity index (χ4n) is 1.49. The van der Waals surface area contributed by atoms with Crippen molar-refractivity contribution in [3.63, 3.8) is 0 Å². The number of ether oxygens (including phenoxy) is 2. The summed E-state index contributed by atoms with van der Waals surface area (Å²) in [7, 11) is 0. The van der Waals surface area contributed by atoms with Gasteiger partial charge < -0.3 is 20.3 Å². The zero-order valence-corrected chi connectivity index (χ0v) is 9.87. The largest absolute Gasteiger partial charge is 0.504 e.